The Morgan fingerprint density at radius 1 is 1.00 bits per heavy atom. The molecule has 0 N–H and O–H groups in total. The van der Waals surface area contributed by atoms with Crippen molar-refractivity contribution in [2.45, 2.75) is 30.6 Å². The van der Waals surface area contributed by atoms with Crippen molar-refractivity contribution in [2.24, 2.45) is 0 Å². The minimum atomic E-state index is -0.397. The fourth-order valence-corrected chi connectivity index (χ4v) is 4.38. The highest BCUT2D eigenvalue weighted by Gasteiger charge is 2.21. The predicted octanol–water partition coefficient (Wildman–Crippen LogP) is 4.07. The number of aryl methyl sites for hydroxylation is 2. The molecule has 0 aliphatic carbocycles. The van der Waals surface area contributed by atoms with Crippen molar-refractivity contribution in [2.75, 3.05) is 26.2 Å². The maximum absolute atomic E-state index is 12.4. The molecule has 3 rings (SSSR count). The Morgan fingerprint density at radius 2 is 1.65 bits per heavy atom. The van der Waals surface area contributed by atoms with Gasteiger partial charge in [0.1, 0.15) is 0 Å². The molecule has 8 heteroatoms. The number of nitrogens with zero attached hydrogens (tertiary/aromatic N) is 3. The summed E-state index contributed by atoms with van der Waals surface area (Å²) in [5, 5.41) is 11.6. The van der Waals surface area contributed by atoms with Crippen LogP contribution in [0.4, 0.5) is 5.69 Å². The molecule has 2 aromatic rings. The summed E-state index contributed by atoms with van der Waals surface area (Å²) in [6.45, 7) is 7.51. The van der Waals surface area contributed by atoms with Gasteiger partial charge < -0.3 is 9.80 Å². The third-order valence-corrected chi connectivity index (χ3v) is 6.43. The number of nitro groups is 1. The van der Waals surface area contributed by atoms with Crippen molar-refractivity contribution in [1.82, 2.24) is 9.80 Å². The molecule has 1 saturated heterocycles. The summed E-state index contributed by atoms with van der Waals surface area (Å²) in [5.74, 6) is -0.159. The topological polar surface area (TPSA) is 83.8 Å². The third kappa shape index (κ3) is 5.73. The average Bonchev–Trinajstić information content (AvgIpc) is 2.74. The van der Waals surface area contributed by atoms with E-state index in [0.29, 0.717) is 36.6 Å². The van der Waals surface area contributed by atoms with E-state index in [-0.39, 0.29) is 17.5 Å². The van der Waals surface area contributed by atoms with Crippen molar-refractivity contribution in [3.63, 3.8) is 0 Å². The Hall–Kier alpha value is -3.13. The number of rotatable bonds is 5. The van der Waals surface area contributed by atoms with Crippen molar-refractivity contribution in [1.29, 1.82) is 0 Å². The van der Waals surface area contributed by atoms with Crippen molar-refractivity contribution >= 4 is 35.3 Å². The van der Waals surface area contributed by atoms with Gasteiger partial charge >= 0.3 is 0 Å². The highest BCUT2D eigenvalue weighted by Crippen LogP contribution is 2.37. The number of carbonyl (C=O) groups is 2. The van der Waals surface area contributed by atoms with E-state index in [4.69, 9.17) is 0 Å². The van der Waals surface area contributed by atoms with E-state index in [1.54, 1.807) is 28.0 Å². The molecule has 1 aliphatic rings. The molecule has 7 nitrogen and oxygen atoms in total. The summed E-state index contributed by atoms with van der Waals surface area (Å²) >= 11 is 1.36. The Bertz CT molecular complexity index is 1040. The quantitative estimate of drug-likeness (QED) is 0.398. The molecule has 0 spiro atoms. The van der Waals surface area contributed by atoms with Crippen LogP contribution in [0.1, 0.15) is 23.6 Å². The van der Waals surface area contributed by atoms with Gasteiger partial charge in [-0.2, -0.15) is 0 Å². The van der Waals surface area contributed by atoms with Crippen LogP contribution in [-0.2, 0) is 9.59 Å². The largest absolute Gasteiger partial charge is 0.339 e. The van der Waals surface area contributed by atoms with E-state index in [1.807, 2.05) is 32.0 Å². The lowest BCUT2D eigenvalue weighted by atomic mass is 10.2. The zero-order valence-corrected chi connectivity index (χ0v) is 18.6. The number of hydrogen-bond acceptors (Lipinski definition) is 5. The van der Waals surface area contributed by atoms with E-state index >= 15 is 0 Å². The minimum Gasteiger partial charge on any atom is -0.339 e. The first-order valence-electron chi connectivity index (χ1n) is 10.0. The van der Waals surface area contributed by atoms with Gasteiger partial charge in [-0.15, -0.1) is 0 Å². The second kappa shape index (κ2) is 9.78. The standard InChI is InChI=1S/C23H25N3O4S/c1-16-4-7-21(17(2)14-16)31-22-8-5-19(15-20(22)26(29)30)6-9-23(28)25-12-10-24(11-13-25)18(3)27/h4-9,14-15H,10-13H2,1-3H3. The number of piperazine rings is 1. The zero-order valence-electron chi connectivity index (χ0n) is 17.8. The highest BCUT2D eigenvalue weighted by molar-refractivity contribution is 7.99. The summed E-state index contributed by atoms with van der Waals surface area (Å²) in [5.41, 5.74) is 2.81. The van der Waals surface area contributed by atoms with Gasteiger partial charge in [0.15, 0.2) is 0 Å². The molecule has 162 valence electrons. The molecule has 0 saturated carbocycles. The monoisotopic (exact) mass is 439 g/mol. The van der Waals surface area contributed by atoms with Crippen LogP contribution in [0, 0.1) is 24.0 Å². The van der Waals surface area contributed by atoms with Gasteiger partial charge in [0, 0.05) is 50.1 Å². The van der Waals surface area contributed by atoms with Crippen molar-refractivity contribution in [3.8, 4) is 0 Å². The normalized spacial score (nSPS) is 14.2. The lowest BCUT2D eigenvalue weighted by Crippen LogP contribution is -2.49. The van der Waals surface area contributed by atoms with Gasteiger partial charge in [0.2, 0.25) is 11.8 Å². The fourth-order valence-electron chi connectivity index (χ4n) is 3.41. The predicted molar refractivity (Wildman–Crippen MR) is 121 cm³/mol. The molecule has 0 atom stereocenters. The van der Waals surface area contributed by atoms with Crippen LogP contribution < -0.4 is 0 Å². The van der Waals surface area contributed by atoms with Gasteiger partial charge in [0.05, 0.1) is 9.82 Å². The minimum absolute atomic E-state index is 0.00809. The Morgan fingerprint density at radius 3 is 2.26 bits per heavy atom. The van der Waals surface area contributed by atoms with Crippen LogP contribution in [0.25, 0.3) is 6.08 Å². The van der Waals surface area contributed by atoms with Crippen LogP contribution >= 0.6 is 11.8 Å². The van der Waals surface area contributed by atoms with E-state index in [0.717, 1.165) is 16.0 Å². The van der Waals surface area contributed by atoms with Gasteiger partial charge in [-0.25, -0.2) is 0 Å². The molecule has 1 heterocycles. The summed E-state index contributed by atoms with van der Waals surface area (Å²) in [6, 6.07) is 11.0. The number of amides is 2. The lowest BCUT2D eigenvalue weighted by Gasteiger charge is -2.33. The first-order chi connectivity index (χ1) is 14.7. The SMILES string of the molecule is CC(=O)N1CCN(C(=O)C=Cc2ccc(Sc3ccc(C)cc3C)c([N+](=O)[O-])c2)CC1. The van der Waals surface area contributed by atoms with Crippen LogP contribution in [-0.4, -0.2) is 52.7 Å². The van der Waals surface area contributed by atoms with Gasteiger partial charge in [-0.1, -0.05) is 35.5 Å². The molecule has 31 heavy (non-hydrogen) atoms. The van der Waals surface area contributed by atoms with E-state index in [1.165, 1.54) is 30.8 Å². The second-order valence-electron chi connectivity index (χ2n) is 7.52. The van der Waals surface area contributed by atoms with E-state index in [2.05, 4.69) is 0 Å². The van der Waals surface area contributed by atoms with E-state index < -0.39 is 4.92 Å². The molecule has 2 amide bonds. The van der Waals surface area contributed by atoms with Crippen molar-refractivity contribution < 1.29 is 14.5 Å². The maximum Gasteiger partial charge on any atom is 0.283 e. The Labute approximate surface area is 185 Å². The van der Waals surface area contributed by atoms with Gasteiger partial charge in [0.25, 0.3) is 5.69 Å². The molecule has 2 aromatic carbocycles. The van der Waals surface area contributed by atoms with Gasteiger partial charge in [-0.05, 0) is 43.2 Å². The summed E-state index contributed by atoms with van der Waals surface area (Å²) in [7, 11) is 0. The Balaban J connectivity index is 1.72. The molecule has 0 aromatic heterocycles. The number of benzene rings is 2. The number of nitro benzene ring substituents is 1. The first kappa shape index (κ1) is 22.6. The summed E-state index contributed by atoms with van der Waals surface area (Å²) in [6.07, 6.45) is 3.03. The second-order valence-corrected chi connectivity index (χ2v) is 8.60. The maximum atomic E-state index is 12.4. The molecule has 1 fully saturated rings. The van der Waals surface area contributed by atoms with Crippen LogP contribution in [0.5, 0.6) is 0 Å². The van der Waals surface area contributed by atoms with Crippen LogP contribution in [0.15, 0.2) is 52.3 Å². The van der Waals surface area contributed by atoms with Crippen molar-refractivity contribution in [3.05, 3.63) is 69.3 Å². The van der Waals surface area contributed by atoms with Gasteiger partial charge in [-0.3, -0.25) is 19.7 Å². The molecular weight excluding hydrogens is 414 g/mol. The zero-order chi connectivity index (χ0) is 22.5. The number of carbonyl (C=O) groups excluding carboxylic acids is 2. The van der Waals surface area contributed by atoms with E-state index in [9.17, 15) is 19.7 Å². The first-order valence-corrected chi connectivity index (χ1v) is 10.8. The summed E-state index contributed by atoms with van der Waals surface area (Å²) < 4.78 is 0. The average molecular weight is 440 g/mol. The molecule has 0 bridgehead atoms. The third-order valence-electron chi connectivity index (χ3n) is 5.19. The highest BCUT2D eigenvalue weighted by atomic mass is 32.2. The smallest absolute Gasteiger partial charge is 0.283 e. The molecule has 0 radical (unpaired) electrons. The lowest BCUT2D eigenvalue weighted by molar-refractivity contribution is -0.387. The summed E-state index contributed by atoms with van der Waals surface area (Å²) in [4.78, 5) is 40.0. The molecule has 0 unspecified atom stereocenters. The fraction of sp³-hybridized carbons (Fsp3) is 0.304. The van der Waals surface area contributed by atoms with Crippen LogP contribution in [0.2, 0.25) is 0 Å². The number of hydrogen-bond donors (Lipinski definition) is 0. The Kier molecular flexibility index (Phi) is 7.12. The molecule has 1 aliphatic heterocycles. The van der Waals surface area contributed by atoms with Crippen LogP contribution in [0.3, 0.4) is 0 Å². The molecular formula is C23H25N3O4S.